The van der Waals surface area contributed by atoms with Gasteiger partial charge in [0.15, 0.2) is 5.82 Å². The Balaban J connectivity index is 1.36. The van der Waals surface area contributed by atoms with E-state index in [1.54, 1.807) is 18.2 Å². The first kappa shape index (κ1) is 20.4. The van der Waals surface area contributed by atoms with Crippen molar-refractivity contribution < 1.29 is 19.2 Å². The van der Waals surface area contributed by atoms with E-state index in [-0.39, 0.29) is 12.2 Å². The summed E-state index contributed by atoms with van der Waals surface area (Å²) in [6.07, 6.45) is 0. The van der Waals surface area contributed by atoms with Crippen molar-refractivity contribution in [2.24, 2.45) is 0 Å². The second-order valence-corrected chi connectivity index (χ2v) is 8.00. The third-order valence-electron chi connectivity index (χ3n) is 5.85. The molecule has 0 amide bonds. The largest absolute Gasteiger partial charge is 0.457 e. The number of nitrogens with zero attached hydrogens (tertiary/aromatic N) is 1. The first-order valence-electron chi connectivity index (χ1n) is 10.8. The molecule has 4 aromatic rings. The van der Waals surface area contributed by atoms with E-state index in [1.165, 1.54) is 4.90 Å². The van der Waals surface area contributed by atoms with Gasteiger partial charge in [-0.25, -0.2) is 9.78 Å². The number of quaternary nitrogens is 1. The molecule has 5 rings (SSSR count). The van der Waals surface area contributed by atoms with E-state index in [1.807, 2.05) is 42.5 Å². The van der Waals surface area contributed by atoms with Crippen molar-refractivity contribution in [3.05, 3.63) is 88.0 Å². The molecule has 0 radical (unpaired) electrons. The molecule has 1 fully saturated rings. The summed E-state index contributed by atoms with van der Waals surface area (Å²) in [5.74, 6) is 0.169. The van der Waals surface area contributed by atoms with Gasteiger partial charge in [0.05, 0.1) is 29.7 Å². The van der Waals surface area contributed by atoms with E-state index in [0.29, 0.717) is 42.0 Å². The van der Waals surface area contributed by atoms with Gasteiger partial charge in [-0.1, -0.05) is 42.5 Å². The fraction of sp³-hybridized carbons (Fsp3) is 0.240. The van der Waals surface area contributed by atoms with Crippen molar-refractivity contribution in [3.63, 3.8) is 0 Å². The third-order valence-corrected chi connectivity index (χ3v) is 5.85. The molecule has 1 aliphatic heterocycles. The van der Waals surface area contributed by atoms with Crippen LogP contribution in [-0.4, -0.2) is 42.2 Å². The first-order chi connectivity index (χ1) is 15.7. The average Bonchev–Trinajstić information content (AvgIpc) is 2.83. The highest BCUT2D eigenvalue weighted by Gasteiger charge is 2.17. The molecule has 0 unspecified atom stereocenters. The van der Waals surface area contributed by atoms with Gasteiger partial charge in [-0.3, -0.25) is 4.79 Å². The van der Waals surface area contributed by atoms with Crippen LogP contribution in [0.15, 0.2) is 65.5 Å². The number of carbonyl (C=O) groups is 1. The number of nitrogens with one attached hydrogen (secondary N) is 2. The number of morpholine rings is 1. The van der Waals surface area contributed by atoms with E-state index in [0.717, 1.165) is 29.4 Å². The number of fused-ring (bicyclic) bond motifs is 2. The highest BCUT2D eigenvalue weighted by molar-refractivity contribution is 5.94. The molecule has 1 aromatic heterocycles. The highest BCUT2D eigenvalue weighted by atomic mass is 16.5. The standard InChI is InChI=1S/C25H23N3O4/c29-24-21-9-8-18(14-22(21)26-23(27-24)15-28-10-12-31-13-11-28)25(30)32-16-19-6-3-5-17-4-1-2-7-20(17)19/h1-9,14H,10-13,15-16H2,(H,26,27,29)/p+1. The van der Waals surface area contributed by atoms with Crippen molar-refractivity contribution in [3.8, 4) is 0 Å². The summed E-state index contributed by atoms with van der Waals surface area (Å²) in [6, 6.07) is 18.8. The average molecular weight is 430 g/mol. The lowest BCUT2D eigenvalue weighted by Crippen LogP contribution is -3.12. The summed E-state index contributed by atoms with van der Waals surface area (Å²) in [5, 5.41) is 2.62. The van der Waals surface area contributed by atoms with Crippen LogP contribution >= 0.6 is 0 Å². The molecule has 7 heteroatoms. The Morgan fingerprint density at radius 1 is 1.03 bits per heavy atom. The number of hydrogen-bond acceptors (Lipinski definition) is 5. The smallest absolute Gasteiger partial charge is 0.338 e. The van der Waals surface area contributed by atoms with Gasteiger partial charge in [0.1, 0.15) is 26.2 Å². The molecule has 0 aliphatic carbocycles. The van der Waals surface area contributed by atoms with Gasteiger partial charge in [-0.15, -0.1) is 0 Å². The quantitative estimate of drug-likeness (QED) is 0.472. The van der Waals surface area contributed by atoms with Crippen molar-refractivity contribution in [2.75, 3.05) is 26.3 Å². The molecule has 0 atom stereocenters. The highest BCUT2D eigenvalue weighted by Crippen LogP contribution is 2.20. The molecule has 2 N–H and O–H groups in total. The topological polar surface area (TPSA) is 85.7 Å². The summed E-state index contributed by atoms with van der Waals surface area (Å²) < 4.78 is 11.0. The zero-order chi connectivity index (χ0) is 21.9. The predicted octanol–water partition coefficient (Wildman–Crippen LogP) is 1.85. The van der Waals surface area contributed by atoms with Gasteiger partial charge >= 0.3 is 5.97 Å². The van der Waals surface area contributed by atoms with Gasteiger partial charge in [0.25, 0.3) is 5.56 Å². The summed E-state index contributed by atoms with van der Waals surface area (Å²) in [4.78, 5) is 34.0. The van der Waals surface area contributed by atoms with Gasteiger partial charge in [0.2, 0.25) is 0 Å². The molecule has 32 heavy (non-hydrogen) atoms. The normalized spacial score (nSPS) is 14.6. The van der Waals surface area contributed by atoms with E-state index < -0.39 is 5.97 Å². The number of H-pyrrole nitrogens is 1. The molecule has 0 bridgehead atoms. The van der Waals surface area contributed by atoms with Crippen LogP contribution in [0, 0.1) is 0 Å². The first-order valence-corrected chi connectivity index (χ1v) is 10.8. The van der Waals surface area contributed by atoms with Gasteiger partial charge in [-0.2, -0.15) is 0 Å². The fourth-order valence-corrected chi connectivity index (χ4v) is 4.12. The van der Waals surface area contributed by atoms with Gasteiger partial charge in [-0.05, 0) is 34.5 Å². The van der Waals surface area contributed by atoms with Gasteiger partial charge in [0, 0.05) is 0 Å². The van der Waals surface area contributed by atoms with Crippen molar-refractivity contribution in [1.82, 2.24) is 9.97 Å². The van der Waals surface area contributed by atoms with E-state index in [9.17, 15) is 9.59 Å². The Morgan fingerprint density at radius 2 is 1.84 bits per heavy atom. The number of rotatable bonds is 5. The molecule has 1 aliphatic rings. The Morgan fingerprint density at radius 3 is 2.72 bits per heavy atom. The summed E-state index contributed by atoms with van der Waals surface area (Å²) in [6.45, 7) is 3.96. The number of hydrogen-bond donors (Lipinski definition) is 2. The van der Waals surface area contributed by atoms with Gasteiger partial charge < -0.3 is 19.4 Å². The number of carbonyl (C=O) groups excluding carboxylic acids is 1. The van der Waals surface area contributed by atoms with Crippen LogP contribution in [0.3, 0.4) is 0 Å². The molecule has 1 saturated heterocycles. The van der Waals surface area contributed by atoms with Crippen LogP contribution in [0.5, 0.6) is 0 Å². The Kier molecular flexibility index (Phi) is 5.66. The zero-order valence-electron chi connectivity index (χ0n) is 17.6. The second kappa shape index (κ2) is 8.90. The minimum atomic E-state index is -0.442. The molecule has 2 heterocycles. The Labute approximate surface area is 184 Å². The molecule has 3 aromatic carbocycles. The van der Waals surface area contributed by atoms with Crippen LogP contribution < -0.4 is 10.5 Å². The lowest BCUT2D eigenvalue weighted by Gasteiger charge is -2.23. The molecule has 7 nitrogen and oxygen atoms in total. The van der Waals surface area contributed by atoms with E-state index in [4.69, 9.17) is 9.47 Å². The van der Waals surface area contributed by atoms with Crippen LogP contribution in [0.2, 0.25) is 0 Å². The minimum absolute atomic E-state index is 0.173. The Bertz CT molecular complexity index is 1340. The second-order valence-electron chi connectivity index (χ2n) is 8.00. The molecular weight excluding hydrogens is 406 g/mol. The number of benzene rings is 3. The number of aromatic nitrogens is 2. The maximum Gasteiger partial charge on any atom is 0.338 e. The van der Waals surface area contributed by atoms with Crippen LogP contribution in [0.4, 0.5) is 0 Å². The van der Waals surface area contributed by atoms with Crippen LogP contribution in [-0.2, 0) is 22.6 Å². The maximum atomic E-state index is 12.7. The Hall–Kier alpha value is -3.55. The van der Waals surface area contributed by atoms with E-state index >= 15 is 0 Å². The minimum Gasteiger partial charge on any atom is -0.457 e. The fourth-order valence-electron chi connectivity index (χ4n) is 4.12. The van der Waals surface area contributed by atoms with E-state index in [2.05, 4.69) is 9.97 Å². The predicted molar refractivity (Wildman–Crippen MR) is 121 cm³/mol. The maximum absolute atomic E-state index is 12.7. The third kappa shape index (κ3) is 4.26. The number of ether oxygens (including phenoxy) is 2. The lowest BCUT2D eigenvalue weighted by molar-refractivity contribution is -0.922. The number of aromatic amines is 1. The molecular formula is C25H24N3O4+. The lowest BCUT2D eigenvalue weighted by atomic mass is 10.1. The SMILES string of the molecule is O=C(OCc1cccc2ccccc12)c1ccc2c(=O)[nH]c(C[NH+]3CCOCC3)nc2c1. The summed E-state index contributed by atoms with van der Waals surface area (Å²) >= 11 is 0. The zero-order valence-corrected chi connectivity index (χ0v) is 17.6. The molecule has 0 spiro atoms. The molecule has 162 valence electrons. The monoisotopic (exact) mass is 430 g/mol. The van der Waals surface area contributed by atoms with Crippen molar-refractivity contribution in [2.45, 2.75) is 13.2 Å². The number of esters is 1. The van der Waals surface area contributed by atoms with Crippen LogP contribution in [0.25, 0.3) is 21.7 Å². The summed E-state index contributed by atoms with van der Waals surface area (Å²) in [5.41, 5.74) is 1.62. The van der Waals surface area contributed by atoms with Crippen LogP contribution in [0.1, 0.15) is 21.7 Å². The summed E-state index contributed by atoms with van der Waals surface area (Å²) in [7, 11) is 0. The van der Waals surface area contributed by atoms with Crippen molar-refractivity contribution in [1.29, 1.82) is 0 Å². The molecule has 0 saturated carbocycles. The van der Waals surface area contributed by atoms with Crippen molar-refractivity contribution >= 4 is 27.6 Å².